The van der Waals surface area contributed by atoms with Gasteiger partial charge in [-0.1, -0.05) is 536 Å². The Morgan fingerprint density at radius 2 is 0.192 bits per heavy atom. The summed E-state index contributed by atoms with van der Waals surface area (Å²) in [5.74, 6) is 13.8. The molecule has 0 aliphatic heterocycles. The molecule has 0 saturated heterocycles. The normalized spacial score (nSPS) is 25.1. The van der Waals surface area contributed by atoms with E-state index in [0.717, 1.165) is 88.3 Å². The summed E-state index contributed by atoms with van der Waals surface area (Å²) in [7, 11) is 0. The van der Waals surface area contributed by atoms with Crippen molar-refractivity contribution in [3.8, 4) is 0 Å². The van der Waals surface area contributed by atoms with Crippen LogP contribution >= 0.6 is 0 Å². The first-order valence-electron chi connectivity index (χ1n) is 50.6. The molecule has 2 unspecified atom stereocenters. The van der Waals surface area contributed by atoms with E-state index in [-0.39, 0.29) is 0 Å². The molecule has 104 heavy (non-hydrogen) atoms. The third-order valence-corrected chi connectivity index (χ3v) is 18.9. The minimum Gasteiger partial charge on any atom is -0.0683 e. The molecule has 3 spiro atoms. The van der Waals surface area contributed by atoms with Crippen molar-refractivity contribution in [3.63, 3.8) is 0 Å². The van der Waals surface area contributed by atoms with E-state index in [9.17, 15) is 0 Å². The van der Waals surface area contributed by atoms with Crippen molar-refractivity contribution in [1.29, 1.82) is 0 Å². The lowest BCUT2D eigenvalue weighted by molar-refractivity contribution is -0.0271. The Hall–Kier alpha value is 0. The molecular formula is C104H258. The van der Waals surface area contributed by atoms with Gasteiger partial charge in [-0.3, -0.25) is 0 Å². The molecule has 0 nitrogen and oxygen atoms in total. The third kappa shape index (κ3) is 81.5. The predicted octanol–water partition coefficient (Wildman–Crippen LogP) is 44.3. The lowest BCUT2D eigenvalue weighted by atomic mass is 9.54. The first-order valence-corrected chi connectivity index (χ1v) is 50.6. The highest BCUT2D eigenvalue weighted by molar-refractivity contribution is 5.05. The smallest absolute Gasteiger partial charge is 0.0195 e. The van der Waals surface area contributed by atoms with Crippen LogP contribution in [0.4, 0.5) is 0 Å². The third-order valence-electron chi connectivity index (χ3n) is 18.9. The van der Waals surface area contributed by atoms with E-state index < -0.39 is 0 Å². The molecule has 674 valence electrons. The Bertz CT molecular complexity index is 816. The molecule has 7 aliphatic rings. The second-order valence-corrected chi connectivity index (χ2v) is 21.0. The molecule has 0 heteroatoms. The van der Waals surface area contributed by atoms with Crippen LogP contribution in [0.15, 0.2) is 0 Å². The molecular weight excluding hydrogens is 1250 g/mol. The zero-order valence-electron chi connectivity index (χ0n) is 91.6. The number of hydrogen-bond donors (Lipinski definition) is 0. The van der Waals surface area contributed by atoms with Crippen molar-refractivity contribution < 1.29 is 0 Å². The summed E-state index contributed by atoms with van der Waals surface area (Å²) in [6.07, 6.45) is 25.2. The molecule has 7 fully saturated rings. The average molecular weight is 1510 g/mol. The van der Waals surface area contributed by atoms with E-state index in [4.69, 9.17) is 0 Å². The predicted molar refractivity (Wildman–Crippen MR) is 532 cm³/mol. The Balaban J connectivity index is -0.0000000286. The van der Waals surface area contributed by atoms with Crippen molar-refractivity contribution in [1.82, 2.24) is 0 Å². The second kappa shape index (κ2) is 181. The molecule has 0 bridgehead atoms. The fraction of sp³-hybridized carbons (Fsp3) is 1.00. The summed E-state index contributed by atoms with van der Waals surface area (Å²) in [5.41, 5.74) is 2.14. The summed E-state index contributed by atoms with van der Waals surface area (Å²) < 4.78 is 0. The van der Waals surface area contributed by atoms with Crippen molar-refractivity contribution in [3.05, 3.63) is 0 Å². The van der Waals surface area contributed by atoms with E-state index in [1.54, 1.807) is 0 Å². The highest BCUT2D eigenvalue weighted by atomic mass is 14.6. The van der Waals surface area contributed by atoms with Crippen molar-refractivity contribution in [2.75, 3.05) is 0 Å². The Morgan fingerprint density at radius 1 is 0.115 bits per heavy atom. The van der Waals surface area contributed by atoms with Crippen LogP contribution in [0.5, 0.6) is 0 Å². The molecule has 7 aliphatic carbocycles. The summed E-state index contributed by atoms with van der Waals surface area (Å²) in [6, 6.07) is 0. The highest BCUT2D eigenvalue weighted by Crippen LogP contribution is 2.64. The fourth-order valence-electron chi connectivity index (χ4n) is 16.7. The van der Waals surface area contributed by atoms with Crippen molar-refractivity contribution in [2.24, 2.45) is 99.1 Å². The SMILES string of the molecule is CC.CC.CC.CC.CC.CC.CC.CC.CC.CC.CC.CC.CC.CC.CC.CC.CC.CC.CC.CC.CC.CC.CC.CC.CC.CC.CC.CC.C[C@@H]1CCC[C@H](C)C12[C@H](C)CC[C@@H]2C.C[C@@H]1CCC[C@H](C)C12[C@H](C)CC[C@@H]2C.C[C@@H]1CC[C@H](C)C1.C[C@@H]1CC[C@H](C)C12[C@H](C)CC[C@@H]2C. The maximum atomic E-state index is 2.52. The molecule has 7 saturated carbocycles. The number of rotatable bonds is 0. The van der Waals surface area contributed by atoms with Crippen molar-refractivity contribution >= 4 is 0 Å². The van der Waals surface area contributed by atoms with E-state index in [1.165, 1.54) is 109 Å². The average Bonchev–Trinajstić information content (AvgIpc) is 1.57. The van der Waals surface area contributed by atoms with Gasteiger partial charge in [0.2, 0.25) is 0 Å². The van der Waals surface area contributed by atoms with Gasteiger partial charge in [-0.25, -0.2) is 0 Å². The molecule has 0 N–H and O–H groups in total. The summed E-state index contributed by atoms with van der Waals surface area (Å²) >= 11 is 0. The van der Waals surface area contributed by atoms with Crippen LogP contribution in [0.25, 0.3) is 0 Å². The molecule has 0 aromatic carbocycles. The molecule has 7 rings (SSSR count). The van der Waals surface area contributed by atoms with Crippen LogP contribution in [0.3, 0.4) is 0 Å². The maximum absolute atomic E-state index is 2.52. The molecule has 0 aromatic rings. The Kier molecular flexibility index (Phi) is 307. The molecule has 0 radical (unpaired) electrons. The van der Waals surface area contributed by atoms with Gasteiger partial charge >= 0.3 is 0 Å². The maximum Gasteiger partial charge on any atom is -0.0195 e. The molecule has 16 atom stereocenters. The van der Waals surface area contributed by atoms with Crippen LogP contribution in [0.1, 0.15) is 594 Å². The highest BCUT2D eigenvalue weighted by Gasteiger charge is 2.56. The Labute approximate surface area is 688 Å². The lowest BCUT2D eigenvalue weighted by Gasteiger charge is -2.51. The lowest BCUT2D eigenvalue weighted by Crippen LogP contribution is -2.44. The zero-order valence-corrected chi connectivity index (χ0v) is 91.6. The summed E-state index contributed by atoms with van der Waals surface area (Å²) in [6.45, 7) is 147. The monoisotopic (exact) mass is 1510 g/mol. The summed E-state index contributed by atoms with van der Waals surface area (Å²) in [5, 5.41) is 0. The van der Waals surface area contributed by atoms with E-state index in [1.807, 2.05) is 388 Å². The van der Waals surface area contributed by atoms with Gasteiger partial charge in [0.05, 0.1) is 0 Å². The standard InChI is InChI=1S/2C14H26.C13H24.C7H14.28C2H6/c2*1-10-6-5-7-11(2)14(10)12(3)8-9-13(14)4;1-9-5-6-10(2)13(9)11(3)7-8-12(13)4;1-6-3-4-7(2)5-6;28*1-2/h2*10-13H,5-9H2,1-4H3;9-12H,5-8H2,1-4H3;6-7H,3-5H2,1-2H3;28*1-2H3/t2*10-,11+,12-,13+,14?;9-,10+,11-,12+,13?;6-,7+;;;;;;;;;;;;;;;;;;;;;;;;;;;;. The van der Waals surface area contributed by atoms with Gasteiger partial charge in [-0.15, -0.1) is 0 Å². The largest absolute Gasteiger partial charge is 0.0683 e. The van der Waals surface area contributed by atoms with Gasteiger partial charge < -0.3 is 0 Å². The first kappa shape index (κ1) is 177. The first-order chi connectivity index (χ1) is 50.6. The summed E-state index contributed by atoms with van der Waals surface area (Å²) in [4.78, 5) is 0. The van der Waals surface area contributed by atoms with Gasteiger partial charge in [0, 0.05) is 0 Å². The molecule has 0 amide bonds. The van der Waals surface area contributed by atoms with Gasteiger partial charge in [0.25, 0.3) is 0 Å². The number of hydrogen-bond acceptors (Lipinski definition) is 0. The van der Waals surface area contributed by atoms with Crippen LogP contribution < -0.4 is 0 Å². The topological polar surface area (TPSA) is 0 Å². The second-order valence-electron chi connectivity index (χ2n) is 21.0. The minimum atomic E-state index is 0.707. The fourth-order valence-corrected chi connectivity index (χ4v) is 16.7. The Morgan fingerprint density at radius 3 is 0.260 bits per heavy atom. The van der Waals surface area contributed by atoms with E-state index in [0.29, 0.717) is 10.8 Å². The van der Waals surface area contributed by atoms with E-state index >= 15 is 0 Å². The zero-order chi connectivity index (χ0) is 91.6. The van der Waals surface area contributed by atoms with Crippen LogP contribution in [0.2, 0.25) is 0 Å². The van der Waals surface area contributed by atoms with Gasteiger partial charge in [-0.05, 0) is 157 Å². The van der Waals surface area contributed by atoms with Crippen LogP contribution in [-0.2, 0) is 0 Å². The van der Waals surface area contributed by atoms with Gasteiger partial charge in [0.15, 0.2) is 0 Å². The van der Waals surface area contributed by atoms with Crippen molar-refractivity contribution in [2.45, 2.75) is 594 Å². The van der Waals surface area contributed by atoms with Gasteiger partial charge in [-0.2, -0.15) is 0 Å². The molecule has 0 aromatic heterocycles. The quantitative estimate of drug-likeness (QED) is 0.227. The van der Waals surface area contributed by atoms with Gasteiger partial charge in [0.1, 0.15) is 0 Å². The van der Waals surface area contributed by atoms with E-state index in [2.05, 4.69) is 96.9 Å². The minimum absolute atomic E-state index is 0.707. The molecule has 0 heterocycles. The van der Waals surface area contributed by atoms with Crippen LogP contribution in [-0.4, -0.2) is 0 Å². The van der Waals surface area contributed by atoms with Crippen LogP contribution in [0, 0.1) is 99.1 Å².